The van der Waals surface area contributed by atoms with Gasteiger partial charge in [-0.3, -0.25) is 4.79 Å². The predicted molar refractivity (Wildman–Crippen MR) is 80.8 cm³/mol. The highest BCUT2D eigenvalue weighted by Gasteiger charge is 2.32. The first kappa shape index (κ1) is 16.5. The molecule has 1 unspecified atom stereocenters. The van der Waals surface area contributed by atoms with E-state index in [9.17, 15) is 4.79 Å². The van der Waals surface area contributed by atoms with Crippen LogP contribution in [0.1, 0.15) is 53.9 Å². The van der Waals surface area contributed by atoms with Crippen molar-refractivity contribution in [3.8, 4) is 0 Å². The van der Waals surface area contributed by atoms with E-state index in [1.165, 1.54) is 0 Å². The topological polar surface area (TPSA) is 46.3 Å². The van der Waals surface area contributed by atoms with Crippen molar-refractivity contribution in [3.63, 3.8) is 0 Å². The SMILES string of the molecule is CC(C)CC(CN)C(=O)N1CCC(C(C)(C)C)CC1. The van der Waals surface area contributed by atoms with Crippen molar-refractivity contribution < 1.29 is 4.79 Å². The first-order valence-corrected chi connectivity index (χ1v) is 7.74. The summed E-state index contributed by atoms with van der Waals surface area (Å²) in [6.07, 6.45) is 3.18. The average molecular weight is 268 g/mol. The van der Waals surface area contributed by atoms with E-state index >= 15 is 0 Å². The molecule has 0 aromatic rings. The van der Waals surface area contributed by atoms with Crippen LogP contribution in [0.3, 0.4) is 0 Å². The number of hydrogen-bond donors (Lipinski definition) is 1. The molecule has 0 radical (unpaired) electrons. The second-order valence-corrected chi connectivity index (χ2v) is 7.53. The smallest absolute Gasteiger partial charge is 0.226 e. The normalized spacial score (nSPS) is 19.8. The maximum absolute atomic E-state index is 12.5. The first-order valence-electron chi connectivity index (χ1n) is 7.74. The Morgan fingerprint density at radius 1 is 1.26 bits per heavy atom. The molecule has 0 spiro atoms. The molecule has 1 heterocycles. The lowest BCUT2D eigenvalue weighted by atomic mass is 9.75. The van der Waals surface area contributed by atoms with Gasteiger partial charge in [-0.15, -0.1) is 0 Å². The first-order chi connectivity index (χ1) is 8.75. The summed E-state index contributed by atoms with van der Waals surface area (Å²) in [5.74, 6) is 1.57. The second-order valence-electron chi connectivity index (χ2n) is 7.53. The Hall–Kier alpha value is -0.570. The zero-order chi connectivity index (χ0) is 14.6. The molecule has 1 amide bonds. The van der Waals surface area contributed by atoms with Gasteiger partial charge in [-0.1, -0.05) is 34.6 Å². The summed E-state index contributed by atoms with van der Waals surface area (Å²) in [5, 5.41) is 0. The summed E-state index contributed by atoms with van der Waals surface area (Å²) >= 11 is 0. The second kappa shape index (κ2) is 6.74. The van der Waals surface area contributed by atoms with E-state index in [4.69, 9.17) is 5.73 Å². The van der Waals surface area contributed by atoms with Crippen LogP contribution < -0.4 is 5.73 Å². The molecule has 19 heavy (non-hydrogen) atoms. The molecule has 0 saturated carbocycles. The third kappa shape index (κ3) is 4.79. The summed E-state index contributed by atoms with van der Waals surface area (Å²) in [7, 11) is 0. The lowest BCUT2D eigenvalue weighted by Gasteiger charge is -2.39. The molecule has 1 rings (SSSR count). The lowest BCUT2D eigenvalue weighted by molar-refractivity contribution is -0.137. The van der Waals surface area contributed by atoms with Gasteiger partial charge in [0.2, 0.25) is 5.91 Å². The van der Waals surface area contributed by atoms with Crippen molar-refractivity contribution in [2.24, 2.45) is 28.9 Å². The molecule has 2 N–H and O–H groups in total. The van der Waals surface area contributed by atoms with Gasteiger partial charge in [0.05, 0.1) is 5.92 Å². The summed E-state index contributed by atoms with van der Waals surface area (Å²) in [5.41, 5.74) is 6.14. The molecule has 1 atom stereocenters. The average Bonchev–Trinajstić information content (AvgIpc) is 2.34. The van der Waals surface area contributed by atoms with Crippen molar-refractivity contribution in [1.82, 2.24) is 4.90 Å². The van der Waals surface area contributed by atoms with Crippen molar-refractivity contribution in [1.29, 1.82) is 0 Å². The number of nitrogens with zero attached hydrogens (tertiary/aromatic N) is 1. The van der Waals surface area contributed by atoms with Crippen LogP contribution >= 0.6 is 0 Å². The van der Waals surface area contributed by atoms with E-state index in [0.29, 0.717) is 17.9 Å². The number of rotatable bonds is 4. The Balaban J connectivity index is 2.52. The van der Waals surface area contributed by atoms with E-state index in [0.717, 1.165) is 38.3 Å². The number of amides is 1. The highest BCUT2D eigenvalue weighted by Crippen LogP contribution is 2.34. The molecule has 0 aliphatic carbocycles. The zero-order valence-electron chi connectivity index (χ0n) is 13.4. The number of carbonyl (C=O) groups excluding carboxylic acids is 1. The summed E-state index contributed by atoms with van der Waals surface area (Å²) in [4.78, 5) is 14.5. The minimum absolute atomic E-state index is 0.0196. The standard InChI is InChI=1S/C16H32N2O/c1-12(2)10-13(11-17)15(19)18-8-6-14(7-9-18)16(3,4)5/h12-14H,6-11,17H2,1-5H3. The van der Waals surface area contributed by atoms with Crippen LogP contribution in [0.4, 0.5) is 0 Å². The monoisotopic (exact) mass is 268 g/mol. The third-order valence-electron chi connectivity index (χ3n) is 4.42. The quantitative estimate of drug-likeness (QED) is 0.852. The molecule has 1 saturated heterocycles. The lowest BCUT2D eigenvalue weighted by Crippen LogP contribution is -2.45. The van der Waals surface area contributed by atoms with Gasteiger partial charge in [-0.05, 0) is 36.5 Å². The van der Waals surface area contributed by atoms with Gasteiger partial charge in [0.1, 0.15) is 0 Å². The van der Waals surface area contributed by atoms with Gasteiger partial charge in [-0.2, -0.15) is 0 Å². The molecule has 3 nitrogen and oxygen atoms in total. The molecule has 0 aromatic carbocycles. The summed E-state index contributed by atoms with van der Waals surface area (Å²) in [6.45, 7) is 13.5. The molecular weight excluding hydrogens is 236 g/mol. The van der Waals surface area contributed by atoms with Gasteiger partial charge >= 0.3 is 0 Å². The number of carbonyl (C=O) groups is 1. The maximum atomic E-state index is 12.5. The van der Waals surface area contributed by atoms with E-state index in [1.54, 1.807) is 0 Å². The van der Waals surface area contributed by atoms with Crippen LogP contribution in [0, 0.1) is 23.2 Å². The Morgan fingerprint density at radius 2 is 1.79 bits per heavy atom. The van der Waals surface area contributed by atoms with Crippen molar-refractivity contribution in [2.75, 3.05) is 19.6 Å². The number of hydrogen-bond acceptors (Lipinski definition) is 2. The van der Waals surface area contributed by atoms with Gasteiger partial charge < -0.3 is 10.6 Å². The largest absolute Gasteiger partial charge is 0.342 e. The third-order valence-corrected chi connectivity index (χ3v) is 4.42. The Bertz CT molecular complexity index is 286. The van der Waals surface area contributed by atoms with E-state index in [2.05, 4.69) is 34.6 Å². The van der Waals surface area contributed by atoms with Crippen LogP contribution in [-0.2, 0) is 4.79 Å². The van der Waals surface area contributed by atoms with Crippen LogP contribution in [0.5, 0.6) is 0 Å². The Labute approximate surface area is 118 Å². The van der Waals surface area contributed by atoms with Crippen molar-refractivity contribution >= 4 is 5.91 Å². The number of likely N-dealkylation sites (tertiary alicyclic amines) is 1. The molecule has 112 valence electrons. The maximum Gasteiger partial charge on any atom is 0.226 e. The molecule has 3 heteroatoms. The van der Waals surface area contributed by atoms with E-state index in [1.807, 2.05) is 4.90 Å². The Morgan fingerprint density at radius 3 is 2.16 bits per heavy atom. The highest BCUT2D eigenvalue weighted by molar-refractivity contribution is 5.79. The van der Waals surface area contributed by atoms with Gasteiger partial charge in [0.25, 0.3) is 0 Å². The predicted octanol–water partition coefficient (Wildman–Crippen LogP) is 2.89. The highest BCUT2D eigenvalue weighted by atomic mass is 16.2. The van der Waals surface area contributed by atoms with Crippen LogP contribution in [0.25, 0.3) is 0 Å². The van der Waals surface area contributed by atoms with E-state index < -0.39 is 0 Å². The molecule has 1 fully saturated rings. The Kier molecular flexibility index (Phi) is 5.84. The zero-order valence-corrected chi connectivity index (χ0v) is 13.4. The van der Waals surface area contributed by atoms with Crippen LogP contribution in [0.2, 0.25) is 0 Å². The fourth-order valence-electron chi connectivity index (χ4n) is 3.09. The van der Waals surface area contributed by atoms with Gasteiger partial charge in [-0.25, -0.2) is 0 Å². The molecule has 1 aliphatic heterocycles. The minimum Gasteiger partial charge on any atom is -0.342 e. The minimum atomic E-state index is 0.0196. The fraction of sp³-hybridized carbons (Fsp3) is 0.938. The molecular formula is C16H32N2O. The fourth-order valence-corrected chi connectivity index (χ4v) is 3.09. The van der Waals surface area contributed by atoms with Crippen LogP contribution in [0.15, 0.2) is 0 Å². The number of nitrogens with two attached hydrogens (primary N) is 1. The van der Waals surface area contributed by atoms with Gasteiger partial charge in [0, 0.05) is 19.6 Å². The van der Waals surface area contributed by atoms with Crippen LogP contribution in [-0.4, -0.2) is 30.4 Å². The van der Waals surface area contributed by atoms with Crippen molar-refractivity contribution in [3.05, 3.63) is 0 Å². The molecule has 1 aliphatic rings. The molecule has 0 bridgehead atoms. The van der Waals surface area contributed by atoms with E-state index in [-0.39, 0.29) is 11.8 Å². The van der Waals surface area contributed by atoms with Crippen molar-refractivity contribution in [2.45, 2.75) is 53.9 Å². The molecule has 0 aromatic heterocycles. The van der Waals surface area contributed by atoms with Gasteiger partial charge in [0.15, 0.2) is 0 Å². The summed E-state index contributed by atoms with van der Waals surface area (Å²) < 4.78 is 0. The summed E-state index contributed by atoms with van der Waals surface area (Å²) in [6, 6.07) is 0. The number of piperidine rings is 1.